The first kappa shape index (κ1) is 37.1. The van der Waals surface area contributed by atoms with Crippen LogP contribution in [0.3, 0.4) is 0 Å². The molecule has 0 aliphatic carbocycles. The average molecular weight is 747 g/mol. The Morgan fingerprint density at radius 2 is 0.417 bits per heavy atom. The molecule has 0 heterocycles. The monoisotopic (exact) mass is 746 g/mol. The second-order valence-corrected chi connectivity index (χ2v) is 10.3. The summed E-state index contributed by atoms with van der Waals surface area (Å²) >= 11 is 4.85. The second kappa shape index (κ2) is 36.1. The van der Waals surface area contributed by atoms with E-state index in [1.807, 2.05) is 0 Å². The zero-order chi connectivity index (χ0) is 26.0. The molecular weight excluding hydrogens is 694 g/mol. The van der Waals surface area contributed by atoms with Gasteiger partial charge in [0, 0.05) is 13.2 Å². The van der Waals surface area contributed by atoms with E-state index >= 15 is 0 Å². The minimum Gasteiger partial charge on any atom is -0.379 e. The smallest absolute Gasteiger partial charge is 0.0701 e. The van der Waals surface area contributed by atoms with Crippen LogP contribution in [0.15, 0.2) is 0 Å². The van der Waals surface area contributed by atoms with Gasteiger partial charge in [0.05, 0.1) is 92.5 Å². The van der Waals surface area contributed by atoms with Gasteiger partial charge in [-0.1, -0.05) is 70.9 Å². The molecule has 0 aromatic carbocycles. The van der Waals surface area contributed by atoms with Gasteiger partial charge >= 0.3 is 0 Å². The van der Waals surface area contributed by atoms with E-state index in [0.717, 1.165) is 26.1 Å². The maximum Gasteiger partial charge on any atom is 0.0701 e. The van der Waals surface area contributed by atoms with Crippen molar-refractivity contribution >= 4 is 45.2 Å². The van der Waals surface area contributed by atoms with Crippen LogP contribution >= 0.6 is 45.2 Å². The molecule has 218 valence electrons. The van der Waals surface area contributed by atoms with Gasteiger partial charge < -0.3 is 37.9 Å². The fourth-order valence-corrected chi connectivity index (χ4v) is 4.02. The van der Waals surface area contributed by atoms with Gasteiger partial charge in [-0.25, -0.2) is 0 Å². The van der Waals surface area contributed by atoms with Gasteiger partial charge in [0.2, 0.25) is 0 Å². The molecule has 0 aliphatic heterocycles. The molecule has 0 fully saturated rings. The lowest BCUT2D eigenvalue weighted by atomic mass is 10.2. The van der Waals surface area contributed by atoms with Crippen molar-refractivity contribution < 1.29 is 37.9 Å². The lowest BCUT2D eigenvalue weighted by Crippen LogP contribution is -2.15. The third kappa shape index (κ3) is 35.1. The van der Waals surface area contributed by atoms with E-state index in [4.69, 9.17) is 37.9 Å². The van der Waals surface area contributed by atoms with Crippen LogP contribution in [0.4, 0.5) is 0 Å². The van der Waals surface area contributed by atoms with Gasteiger partial charge in [-0.2, -0.15) is 0 Å². The highest BCUT2D eigenvalue weighted by Gasteiger charge is 1.96. The molecule has 0 amide bonds. The molecule has 0 aliphatic rings. The standard InChI is InChI=1S/C26H52I2O8/c27-9-5-1-3-7-11-29-13-15-31-17-19-33-21-23-35-25-26-36-24-22-34-20-18-32-16-14-30-12-8-4-2-6-10-28/h1-26H2. The minimum atomic E-state index is 0.552. The van der Waals surface area contributed by atoms with Crippen LogP contribution in [-0.2, 0) is 37.9 Å². The summed E-state index contributed by atoms with van der Waals surface area (Å²) in [5.74, 6) is 0. The van der Waals surface area contributed by atoms with Crippen LogP contribution in [0.5, 0.6) is 0 Å². The van der Waals surface area contributed by atoms with E-state index in [-0.39, 0.29) is 0 Å². The Kier molecular flexibility index (Phi) is 37.3. The lowest BCUT2D eigenvalue weighted by Gasteiger charge is -2.08. The largest absolute Gasteiger partial charge is 0.379 e. The predicted octanol–water partition coefficient (Wildman–Crippen LogP) is 5.11. The Hall–Kier alpha value is 1.14. The second-order valence-electron chi connectivity index (χ2n) is 8.11. The third-order valence-corrected chi connectivity index (χ3v) is 6.47. The van der Waals surface area contributed by atoms with Crippen molar-refractivity contribution in [1.82, 2.24) is 0 Å². The molecule has 0 aromatic heterocycles. The van der Waals surface area contributed by atoms with Gasteiger partial charge in [0.15, 0.2) is 0 Å². The van der Waals surface area contributed by atoms with Gasteiger partial charge in [0.25, 0.3) is 0 Å². The van der Waals surface area contributed by atoms with Gasteiger partial charge in [-0.15, -0.1) is 0 Å². The highest BCUT2D eigenvalue weighted by atomic mass is 127. The van der Waals surface area contributed by atoms with Crippen molar-refractivity contribution in [1.29, 1.82) is 0 Å². The summed E-state index contributed by atoms with van der Waals surface area (Å²) in [6.07, 6.45) is 10.0. The van der Waals surface area contributed by atoms with Crippen LogP contribution in [0, 0.1) is 0 Å². The van der Waals surface area contributed by atoms with E-state index in [1.54, 1.807) is 0 Å². The number of hydrogen-bond donors (Lipinski definition) is 0. The molecule has 0 N–H and O–H groups in total. The van der Waals surface area contributed by atoms with E-state index in [2.05, 4.69) is 45.2 Å². The zero-order valence-electron chi connectivity index (χ0n) is 22.4. The number of alkyl halides is 2. The zero-order valence-corrected chi connectivity index (χ0v) is 26.7. The van der Waals surface area contributed by atoms with Crippen LogP contribution in [0.25, 0.3) is 0 Å². The average Bonchev–Trinajstić information content (AvgIpc) is 2.89. The van der Waals surface area contributed by atoms with E-state index in [0.29, 0.717) is 92.5 Å². The number of halogens is 2. The summed E-state index contributed by atoms with van der Waals surface area (Å²) in [4.78, 5) is 0. The molecule has 10 heteroatoms. The van der Waals surface area contributed by atoms with Crippen molar-refractivity contribution in [3.05, 3.63) is 0 Å². The van der Waals surface area contributed by atoms with Crippen LogP contribution < -0.4 is 0 Å². The van der Waals surface area contributed by atoms with E-state index in [9.17, 15) is 0 Å². The first-order valence-corrected chi connectivity index (χ1v) is 16.7. The summed E-state index contributed by atoms with van der Waals surface area (Å²) < 4.78 is 46.5. The minimum absolute atomic E-state index is 0.552. The van der Waals surface area contributed by atoms with E-state index in [1.165, 1.54) is 47.4 Å². The van der Waals surface area contributed by atoms with E-state index < -0.39 is 0 Å². The molecule has 0 rings (SSSR count). The van der Waals surface area contributed by atoms with Crippen molar-refractivity contribution in [2.75, 3.05) is 115 Å². The Morgan fingerprint density at radius 1 is 0.222 bits per heavy atom. The summed E-state index contributed by atoms with van der Waals surface area (Å²) in [6, 6.07) is 0. The topological polar surface area (TPSA) is 73.8 Å². The molecule has 0 radical (unpaired) electrons. The molecule has 0 spiro atoms. The fourth-order valence-electron chi connectivity index (χ4n) is 2.95. The molecule has 36 heavy (non-hydrogen) atoms. The first-order chi connectivity index (χ1) is 17.9. The van der Waals surface area contributed by atoms with Crippen molar-refractivity contribution in [3.8, 4) is 0 Å². The maximum atomic E-state index is 5.55. The number of unbranched alkanes of at least 4 members (excludes halogenated alkanes) is 6. The summed E-state index contributed by atoms with van der Waals surface area (Å²) in [6.45, 7) is 9.87. The number of rotatable bonds is 33. The van der Waals surface area contributed by atoms with Crippen LogP contribution in [0.2, 0.25) is 0 Å². The van der Waals surface area contributed by atoms with Crippen molar-refractivity contribution in [3.63, 3.8) is 0 Å². The molecule has 0 saturated heterocycles. The summed E-state index contributed by atoms with van der Waals surface area (Å²) in [7, 11) is 0. The lowest BCUT2D eigenvalue weighted by molar-refractivity contribution is -0.0232. The normalized spacial score (nSPS) is 11.5. The van der Waals surface area contributed by atoms with Crippen LogP contribution in [-0.4, -0.2) is 115 Å². The van der Waals surface area contributed by atoms with Crippen molar-refractivity contribution in [2.24, 2.45) is 0 Å². The van der Waals surface area contributed by atoms with Crippen molar-refractivity contribution in [2.45, 2.75) is 51.4 Å². The Labute approximate surface area is 247 Å². The molecule has 8 nitrogen and oxygen atoms in total. The Bertz CT molecular complexity index is 350. The quantitative estimate of drug-likeness (QED) is 0.0522. The number of hydrogen-bond acceptors (Lipinski definition) is 8. The summed E-state index contributed by atoms with van der Waals surface area (Å²) in [5, 5.41) is 0. The Balaban J connectivity index is 3.00. The highest BCUT2D eigenvalue weighted by Crippen LogP contribution is 2.03. The molecule has 0 unspecified atom stereocenters. The Morgan fingerprint density at radius 3 is 0.639 bits per heavy atom. The predicted molar refractivity (Wildman–Crippen MR) is 161 cm³/mol. The number of ether oxygens (including phenoxy) is 8. The molecule has 0 aromatic rings. The highest BCUT2D eigenvalue weighted by molar-refractivity contribution is 14.1. The molecular formula is C26H52I2O8. The summed E-state index contributed by atoms with van der Waals surface area (Å²) in [5.41, 5.74) is 0. The fraction of sp³-hybridized carbons (Fsp3) is 1.00. The van der Waals surface area contributed by atoms with Gasteiger partial charge in [-0.05, 0) is 34.5 Å². The third-order valence-electron chi connectivity index (χ3n) is 4.95. The van der Waals surface area contributed by atoms with Gasteiger partial charge in [0.1, 0.15) is 0 Å². The molecule has 0 bridgehead atoms. The maximum absolute atomic E-state index is 5.55. The van der Waals surface area contributed by atoms with Gasteiger partial charge in [-0.3, -0.25) is 0 Å². The SMILES string of the molecule is ICCCCCCOCCOCCOCCOCCOCCOCCOCCOCCCCCCI. The molecule has 0 atom stereocenters. The molecule has 0 saturated carbocycles. The first-order valence-electron chi connectivity index (χ1n) is 13.7. The van der Waals surface area contributed by atoms with Crippen LogP contribution in [0.1, 0.15) is 51.4 Å².